The molecule has 3 heteroatoms. The molecule has 0 saturated heterocycles. The van der Waals surface area contributed by atoms with Gasteiger partial charge in [0.05, 0.1) is 19.3 Å². The van der Waals surface area contributed by atoms with Crippen LogP contribution in [0.3, 0.4) is 0 Å². The number of ether oxygens (including phenoxy) is 2. The van der Waals surface area contributed by atoms with Gasteiger partial charge in [0.25, 0.3) is 0 Å². The molecule has 0 heterocycles. The fourth-order valence-corrected chi connectivity index (χ4v) is 2.23. The first-order valence-corrected chi connectivity index (χ1v) is 7.95. The highest BCUT2D eigenvalue weighted by Crippen LogP contribution is 2.19. The van der Waals surface area contributed by atoms with Crippen molar-refractivity contribution in [2.24, 2.45) is 0 Å². The van der Waals surface area contributed by atoms with E-state index in [9.17, 15) is 0 Å². The molecule has 0 spiro atoms. The van der Waals surface area contributed by atoms with Crippen LogP contribution < -0.4 is 9.47 Å². The molecule has 2 nitrogen and oxygen atoms in total. The number of hydrogen-bond acceptors (Lipinski definition) is 3. The summed E-state index contributed by atoms with van der Waals surface area (Å²) in [5.41, 5.74) is 1.28. The van der Waals surface area contributed by atoms with Gasteiger partial charge in [0.1, 0.15) is 11.5 Å². The number of rotatable bonds is 7. The Labute approximate surface area is 125 Å². The highest BCUT2D eigenvalue weighted by molar-refractivity contribution is 7.98. The Bertz CT molecular complexity index is 523. The smallest absolute Gasteiger partial charge is 0.131 e. The second kappa shape index (κ2) is 7.85. The quantitative estimate of drug-likeness (QED) is 0.710. The minimum Gasteiger partial charge on any atom is -0.493 e. The average Bonchev–Trinajstić information content (AvgIpc) is 2.49. The molecule has 0 amide bonds. The Balaban J connectivity index is 1.84. The molecular weight excluding hydrogens is 268 g/mol. The number of thioether (sulfide) groups is 1. The van der Waals surface area contributed by atoms with Gasteiger partial charge >= 0.3 is 0 Å². The van der Waals surface area contributed by atoms with Gasteiger partial charge in [0, 0.05) is 11.3 Å². The predicted molar refractivity (Wildman–Crippen MR) is 83.9 cm³/mol. The van der Waals surface area contributed by atoms with Crippen molar-refractivity contribution in [3.8, 4) is 11.5 Å². The average molecular weight is 287 g/mol. The Kier molecular flexibility index (Phi) is 5.81. The van der Waals surface area contributed by atoms with Gasteiger partial charge < -0.3 is 9.47 Å². The van der Waals surface area contributed by atoms with Crippen molar-refractivity contribution in [1.29, 1.82) is 0 Å². The third-order valence-electron chi connectivity index (χ3n) is 2.85. The molecule has 0 bridgehead atoms. The van der Waals surface area contributed by atoms with Crippen molar-refractivity contribution in [1.82, 2.24) is 0 Å². The third-order valence-corrected chi connectivity index (χ3v) is 3.59. The molecule has 0 unspecified atom stereocenters. The highest BCUT2D eigenvalue weighted by Gasteiger charge is 1.99. The Morgan fingerprint density at radius 3 is 2.35 bits per heavy atom. The van der Waals surface area contributed by atoms with Crippen LogP contribution in [0.4, 0.5) is 0 Å². The normalized spacial score (nSPS) is 10.3. The zero-order chi connectivity index (χ0) is 14.2. The fraction of sp³-hybridized carbons (Fsp3) is 0.294. The minimum absolute atomic E-state index is 0.641. The topological polar surface area (TPSA) is 18.5 Å². The summed E-state index contributed by atoms with van der Waals surface area (Å²) in [6.07, 6.45) is 2.97. The van der Waals surface area contributed by atoms with Crippen LogP contribution in [0.5, 0.6) is 11.5 Å². The summed E-state index contributed by atoms with van der Waals surface area (Å²) < 4.78 is 11.1. The number of benzene rings is 2. The first-order chi connectivity index (χ1) is 9.81. The maximum Gasteiger partial charge on any atom is 0.131 e. The van der Waals surface area contributed by atoms with E-state index >= 15 is 0 Å². The van der Waals surface area contributed by atoms with Crippen LogP contribution in [0, 0.1) is 6.07 Å². The maximum absolute atomic E-state index is 5.71. The van der Waals surface area contributed by atoms with E-state index in [-0.39, 0.29) is 0 Å². The molecule has 0 aliphatic rings. The Hall–Kier alpha value is -1.61. The van der Waals surface area contributed by atoms with Gasteiger partial charge in [-0.25, -0.2) is 0 Å². The van der Waals surface area contributed by atoms with Gasteiger partial charge in [-0.1, -0.05) is 18.2 Å². The van der Waals surface area contributed by atoms with Crippen LogP contribution in [0.25, 0.3) is 0 Å². The van der Waals surface area contributed by atoms with Crippen molar-refractivity contribution in [3.05, 3.63) is 54.1 Å². The highest BCUT2D eigenvalue weighted by atomic mass is 32.2. The van der Waals surface area contributed by atoms with Crippen LogP contribution in [0.15, 0.2) is 47.4 Å². The van der Waals surface area contributed by atoms with E-state index < -0.39 is 0 Å². The first kappa shape index (κ1) is 14.8. The second-order valence-electron chi connectivity index (χ2n) is 4.26. The summed E-state index contributed by atoms with van der Waals surface area (Å²) in [6, 6.07) is 17.4. The summed E-state index contributed by atoms with van der Waals surface area (Å²) in [6.45, 7) is 3.24. The van der Waals surface area contributed by atoms with Crippen molar-refractivity contribution in [2.75, 3.05) is 19.5 Å². The molecule has 2 aromatic rings. The largest absolute Gasteiger partial charge is 0.493 e. The molecule has 0 aliphatic heterocycles. The summed E-state index contributed by atoms with van der Waals surface area (Å²) in [7, 11) is 0. The summed E-state index contributed by atoms with van der Waals surface area (Å²) in [5, 5.41) is 0. The minimum atomic E-state index is 0.641. The van der Waals surface area contributed by atoms with Gasteiger partial charge in [0.15, 0.2) is 0 Å². The van der Waals surface area contributed by atoms with E-state index in [0.717, 1.165) is 17.9 Å². The van der Waals surface area contributed by atoms with Gasteiger partial charge in [0.2, 0.25) is 0 Å². The maximum atomic E-state index is 5.71. The van der Waals surface area contributed by atoms with Gasteiger partial charge in [-0.05, 0) is 43.0 Å². The van der Waals surface area contributed by atoms with E-state index in [1.807, 2.05) is 25.1 Å². The lowest BCUT2D eigenvalue weighted by atomic mass is 10.2. The third kappa shape index (κ3) is 4.49. The number of hydrogen-bond donors (Lipinski definition) is 0. The zero-order valence-corrected chi connectivity index (χ0v) is 12.7. The molecule has 0 aromatic heterocycles. The summed E-state index contributed by atoms with van der Waals surface area (Å²) in [5.74, 6) is 1.46. The Morgan fingerprint density at radius 2 is 1.70 bits per heavy atom. The first-order valence-electron chi connectivity index (χ1n) is 6.72. The van der Waals surface area contributed by atoms with Crippen molar-refractivity contribution in [2.45, 2.75) is 18.2 Å². The van der Waals surface area contributed by atoms with Crippen LogP contribution in [-0.2, 0) is 6.42 Å². The van der Waals surface area contributed by atoms with Crippen LogP contribution >= 0.6 is 11.8 Å². The van der Waals surface area contributed by atoms with Crippen LogP contribution in [0.1, 0.15) is 12.5 Å². The van der Waals surface area contributed by atoms with E-state index in [1.54, 1.807) is 11.8 Å². The van der Waals surface area contributed by atoms with E-state index in [4.69, 9.17) is 9.47 Å². The zero-order valence-electron chi connectivity index (χ0n) is 11.9. The molecule has 0 atom stereocenters. The van der Waals surface area contributed by atoms with E-state index in [2.05, 4.69) is 36.6 Å². The molecule has 0 saturated carbocycles. The molecule has 0 aliphatic carbocycles. The standard InChI is InChI=1S/C17H19O2S/c1-3-18-15-5-4-6-16(13-15)19-12-11-14-7-9-17(20-2)10-8-14/h4-10H,3,11-12H2,1-2H3. The van der Waals surface area contributed by atoms with Gasteiger partial charge in [-0.15, -0.1) is 11.8 Å². The molecule has 2 aromatic carbocycles. The second-order valence-corrected chi connectivity index (χ2v) is 5.14. The van der Waals surface area contributed by atoms with Gasteiger partial charge in [-0.2, -0.15) is 0 Å². The predicted octanol–water partition coefficient (Wildman–Crippen LogP) is 4.23. The van der Waals surface area contributed by atoms with Crippen LogP contribution in [-0.4, -0.2) is 19.5 Å². The molecule has 20 heavy (non-hydrogen) atoms. The van der Waals surface area contributed by atoms with Crippen molar-refractivity contribution >= 4 is 11.8 Å². The Morgan fingerprint density at radius 1 is 1.00 bits per heavy atom. The lowest BCUT2D eigenvalue weighted by molar-refractivity contribution is 0.311. The fourth-order valence-electron chi connectivity index (χ4n) is 1.82. The molecular formula is C17H19O2S. The lowest BCUT2D eigenvalue weighted by Crippen LogP contribution is -2.01. The lowest BCUT2D eigenvalue weighted by Gasteiger charge is -2.08. The van der Waals surface area contributed by atoms with Crippen molar-refractivity contribution < 1.29 is 9.47 Å². The van der Waals surface area contributed by atoms with Crippen LogP contribution in [0.2, 0.25) is 0 Å². The van der Waals surface area contributed by atoms with Gasteiger partial charge in [-0.3, -0.25) is 0 Å². The molecule has 1 radical (unpaired) electrons. The molecule has 105 valence electrons. The molecule has 0 N–H and O–H groups in total. The molecule has 2 rings (SSSR count). The monoisotopic (exact) mass is 287 g/mol. The van der Waals surface area contributed by atoms with E-state index in [1.165, 1.54) is 10.5 Å². The summed E-state index contributed by atoms with van der Waals surface area (Å²) in [4.78, 5) is 1.28. The van der Waals surface area contributed by atoms with Crippen molar-refractivity contribution in [3.63, 3.8) is 0 Å². The van der Waals surface area contributed by atoms with E-state index in [0.29, 0.717) is 13.2 Å². The summed E-state index contributed by atoms with van der Waals surface area (Å²) >= 11 is 1.75. The SMILES string of the molecule is CCOc1[c]c(OCCc2ccc(SC)cc2)ccc1. The molecule has 0 fully saturated rings.